The minimum absolute atomic E-state index is 0.00286. The largest absolute Gasteiger partial charge is 0.416 e. The normalized spacial score (nSPS) is 27.9. The van der Waals surface area contributed by atoms with E-state index in [-0.39, 0.29) is 30.7 Å². The molecule has 4 rings (SSSR count). The second-order valence-electron chi connectivity index (χ2n) is 9.93. The minimum Gasteiger partial charge on any atom is -0.391 e. The van der Waals surface area contributed by atoms with Crippen LogP contribution in [0.3, 0.4) is 0 Å². The molecule has 2 fully saturated rings. The molecule has 5 atom stereocenters. The number of benzene rings is 2. The zero-order valence-electron chi connectivity index (χ0n) is 20.3. The number of aliphatic hydroxyl groups excluding tert-OH is 1. The van der Waals surface area contributed by atoms with Gasteiger partial charge in [0.2, 0.25) is 5.91 Å². The minimum atomic E-state index is -4.96. The number of amides is 1. The Labute approximate surface area is 210 Å². The molecule has 37 heavy (non-hydrogen) atoms. The van der Waals surface area contributed by atoms with Crippen molar-refractivity contribution in [2.24, 2.45) is 0 Å². The fraction of sp³-hybridized carbons (Fsp3) is 0.500. The monoisotopic (exact) mass is 530 g/mol. The molecule has 2 aliphatic heterocycles. The lowest BCUT2D eigenvalue weighted by molar-refractivity contribution is -0.151. The Kier molecular flexibility index (Phi) is 7.11. The summed E-state index contributed by atoms with van der Waals surface area (Å²) in [5.41, 5.74) is -4.00. The van der Waals surface area contributed by atoms with Crippen molar-refractivity contribution in [3.63, 3.8) is 0 Å². The van der Waals surface area contributed by atoms with E-state index in [9.17, 15) is 36.2 Å². The van der Waals surface area contributed by atoms with E-state index in [1.807, 2.05) is 35.2 Å². The van der Waals surface area contributed by atoms with E-state index in [0.29, 0.717) is 31.5 Å². The number of carbonyl (C=O) groups is 1. The zero-order valence-corrected chi connectivity index (χ0v) is 20.3. The summed E-state index contributed by atoms with van der Waals surface area (Å²) in [7, 11) is 0. The average Bonchev–Trinajstić information content (AvgIpc) is 2.82. The van der Waals surface area contributed by atoms with Gasteiger partial charge < -0.3 is 15.2 Å². The smallest absolute Gasteiger partial charge is 0.391 e. The second kappa shape index (κ2) is 9.59. The summed E-state index contributed by atoms with van der Waals surface area (Å²) in [6.45, 7) is 3.23. The molecule has 2 bridgehead atoms. The van der Waals surface area contributed by atoms with Gasteiger partial charge in [0.25, 0.3) is 0 Å². The van der Waals surface area contributed by atoms with Crippen molar-refractivity contribution >= 4 is 5.91 Å². The number of piperidine rings is 1. The molecule has 5 nitrogen and oxygen atoms in total. The zero-order chi connectivity index (χ0) is 27.2. The number of ether oxygens (including phenoxy) is 1. The highest BCUT2D eigenvalue weighted by Gasteiger charge is 2.54. The molecule has 2 aromatic carbocycles. The van der Waals surface area contributed by atoms with Crippen molar-refractivity contribution in [2.75, 3.05) is 19.7 Å². The number of halogens is 6. The highest BCUT2D eigenvalue weighted by Crippen LogP contribution is 2.45. The van der Waals surface area contributed by atoms with Crippen LogP contribution in [0.5, 0.6) is 0 Å². The highest BCUT2D eigenvalue weighted by atomic mass is 19.4. The van der Waals surface area contributed by atoms with Gasteiger partial charge >= 0.3 is 12.4 Å². The van der Waals surface area contributed by atoms with Gasteiger partial charge in [-0.15, -0.1) is 0 Å². The molecule has 0 aromatic heterocycles. The van der Waals surface area contributed by atoms with Crippen molar-refractivity contribution in [3.8, 4) is 0 Å². The second-order valence-corrected chi connectivity index (χ2v) is 9.93. The van der Waals surface area contributed by atoms with Crippen LogP contribution in [-0.4, -0.2) is 47.3 Å². The molecule has 2 N–H and O–H groups in total. The first kappa shape index (κ1) is 27.4. The molecule has 2 saturated heterocycles. The van der Waals surface area contributed by atoms with E-state index in [0.717, 1.165) is 5.56 Å². The molecule has 0 saturated carbocycles. The van der Waals surface area contributed by atoms with Crippen LogP contribution >= 0.6 is 0 Å². The van der Waals surface area contributed by atoms with Gasteiger partial charge in [0.05, 0.1) is 47.6 Å². The standard InChI is InChI=1S/C26H28F6N2O3/c1-16(18-10-20(25(27,28)29)12-21(11-18)26(30,31)32)37-15-24(19-6-4-3-5-7-19)9-8-23(17(2)35)14-34(24)13-22(36)33-23/h3-7,10-12,16-17,35H,8-9,13-15H2,1-2H3,(H,33,36)/t16-,17?,23-,24-/m1/s1. The van der Waals surface area contributed by atoms with Crippen LogP contribution in [0.2, 0.25) is 0 Å². The number of nitrogens with zero attached hydrogens (tertiary/aromatic N) is 1. The number of hydrogen-bond acceptors (Lipinski definition) is 4. The maximum Gasteiger partial charge on any atom is 0.416 e. The fourth-order valence-corrected chi connectivity index (χ4v) is 5.30. The molecule has 2 heterocycles. The summed E-state index contributed by atoms with van der Waals surface area (Å²) < 4.78 is 86.2. The number of piperazine rings is 1. The van der Waals surface area contributed by atoms with Crippen LogP contribution in [0.25, 0.3) is 0 Å². The molecule has 2 unspecified atom stereocenters. The third-order valence-electron chi connectivity index (χ3n) is 7.55. The fourth-order valence-electron chi connectivity index (χ4n) is 5.30. The quantitative estimate of drug-likeness (QED) is 0.514. The molecule has 0 aliphatic carbocycles. The Bertz CT molecular complexity index is 1110. The highest BCUT2D eigenvalue weighted by molar-refractivity contribution is 5.80. The number of carbonyl (C=O) groups excluding carboxylic acids is 1. The number of fused-ring (bicyclic) bond motifs is 2. The van der Waals surface area contributed by atoms with E-state index < -0.39 is 46.8 Å². The lowest BCUT2D eigenvalue weighted by atomic mass is 9.71. The Morgan fingerprint density at radius 2 is 1.59 bits per heavy atom. The van der Waals surface area contributed by atoms with Gasteiger partial charge in [0.15, 0.2) is 0 Å². The van der Waals surface area contributed by atoms with E-state index in [4.69, 9.17) is 4.74 Å². The van der Waals surface area contributed by atoms with Gasteiger partial charge in [-0.2, -0.15) is 26.3 Å². The van der Waals surface area contributed by atoms with Crippen LogP contribution in [0.15, 0.2) is 48.5 Å². The van der Waals surface area contributed by atoms with E-state index in [1.165, 1.54) is 6.92 Å². The number of alkyl halides is 6. The summed E-state index contributed by atoms with van der Waals surface area (Å²) in [4.78, 5) is 14.5. The number of rotatable bonds is 6. The van der Waals surface area contributed by atoms with Crippen molar-refractivity contribution in [1.29, 1.82) is 0 Å². The lowest BCUT2D eigenvalue weighted by Gasteiger charge is -2.58. The summed E-state index contributed by atoms with van der Waals surface area (Å²) in [6, 6.07) is 10.6. The van der Waals surface area contributed by atoms with Gasteiger partial charge in [-0.25, -0.2) is 0 Å². The Balaban J connectivity index is 1.68. The summed E-state index contributed by atoms with van der Waals surface area (Å²) in [5, 5.41) is 13.3. The van der Waals surface area contributed by atoms with Crippen LogP contribution in [-0.2, 0) is 27.4 Å². The van der Waals surface area contributed by atoms with Gasteiger partial charge in [-0.1, -0.05) is 30.3 Å². The van der Waals surface area contributed by atoms with Crippen molar-refractivity contribution in [1.82, 2.24) is 10.2 Å². The van der Waals surface area contributed by atoms with Gasteiger partial charge in [0, 0.05) is 6.54 Å². The predicted octanol–water partition coefficient (Wildman–Crippen LogP) is 5.04. The first-order valence-corrected chi connectivity index (χ1v) is 11.9. The molecular weight excluding hydrogens is 502 g/mol. The van der Waals surface area contributed by atoms with Crippen LogP contribution in [0, 0.1) is 0 Å². The molecule has 1 amide bonds. The van der Waals surface area contributed by atoms with Crippen LogP contribution in [0.1, 0.15) is 55.0 Å². The summed E-state index contributed by atoms with van der Waals surface area (Å²) in [5.74, 6) is -0.284. The lowest BCUT2D eigenvalue weighted by Crippen LogP contribution is -2.74. The maximum absolute atomic E-state index is 13.4. The first-order chi connectivity index (χ1) is 17.2. The molecule has 0 radical (unpaired) electrons. The average molecular weight is 531 g/mol. The van der Waals surface area contributed by atoms with Gasteiger partial charge in [-0.05, 0) is 56.0 Å². The van der Waals surface area contributed by atoms with E-state index in [1.54, 1.807) is 6.92 Å². The molecule has 2 aromatic rings. The van der Waals surface area contributed by atoms with E-state index in [2.05, 4.69) is 5.32 Å². The van der Waals surface area contributed by atoms with Crippen LogP contribution in [0.4, 0.5) is 26.3 Å². The third kappa shape index (κ3) is 5.35. The van der Waals surface area contributed by atoms with Gasteiger partial charge in [0.1, 0.15) is 0 Å². The summed E-state index contributed by atoms with van der Waals surface area (Å²) in [6.07, 6.45) is -11.0. The topological polar surface area (TPSA) is 61.8 Å². The van der Waals surface area contributed by atoms with Gasteiger partial charge in [-0.3, -0.25) is 9.69 Å². The molecule has 2 aliphatic rings. The maximum atomic E-state index is 13.4. The Morgan fingerprint density at radius 3 is 2.14 bits per heavy atom. The van der Waals surface area contributed by atoms with Crippen molar-refractivity contribution in [2.45, 2.75) is 62.3 Å². The Morgan fingerprint density at radius 1 is 1.00 bits per heavy atom. The Hall–Kier alpha value is -2.63. The number of aliphatic hydroxyl groups is 1. The van der Waals surface area contributed by atoms with Crippen LogP contribution < -0.4 is 5.32 Å². The predicted molar refractivity (Wildman–Crippen MR) is 122 cm³/mol. The molecule has 202 valence electrons. The van der Waals surface area contributed by atoms with E-state index >= 15 is 0 Å². The third-order valence-corrected chi connectivity index (χ3v) is 7.55. The first-order valence-electron chi connectivity index (χ1n) is 11.9. The molecule has 0 spiro atoms. The number of hydrogen-bond donors (Lipinski definition) is 2. The van der Waals surface area contributed by atoms with Crippen molar-refractivity contribution in [3.05, 3.63) is 70.8 Å². The number of nitrogens with one attached hydrogen (secondary N) is 1. The SMILES string of the molecule is CC(O)[C@]12CC[C@@](CO[C@H](C)c3cc(C(F)(F)F)cc(C(F)(F)F)c3)(c3ccccc3)N(CC(=O)N1)C2. The summed E-state index contributed by atoms with van der Waals surface area (Å²) >= 11 is 0. The molecule has 11 heteroatoms. The van der Waals surface area contributed by atoms with Crippen molar-refractivity contribution < 1.29 is 41.0 Å². The molecular formula is C26H28F6N2O3.